The van der Waals surface area contributed by atoms with Crippen molar-refractivity contribution < 1.29 is 14.3 Å². The van der Waals surface area contributed by atoms with E-state index in [0.717, 1.165) is 41.1 Å². The summed E-state index contributed by atoms with van der Waals surface area (Å²) < 4.78 is 13.4. The van der Waals surface area contributed by atoms with Crippen LogP contribution in [0.25, 0.3) is 22.3 Å². The maximum absolute atomic E-state index is 11.7. The second-order valence-corrected chi connectivity index (χ2v) is 8.67. The number of methoxy groups -OCH3 is 2. The lowest BCUT2D eigenvalue weighted by atomic mass is 10.1. The first-order valence-corrected chi connectivity index (χ1v) is 11.7. The molecule has 0 spiro atoms. The Balaban J connectivity index is 1.41. The van der Waals surface area contributed by atoms with Gasteiger partial charge in [0, 0.05) is 81.8 Å². The minimum absolute atomic E-state index is 0.0976. The molecule has 10 heteroatoms. The molecule has 1 aromatic carbocycles. The summed E-state index contributed by atoms with van der Waals surface area (Å²) in [6.45, 7) is 4.39. The fraction of sp³-hybridized carbons (Fsp3) is 0.308. The summed E-state index contributed by atoms with van der Waals surface area (Å²) in [7, 11) is 5.24. The number of ether oxygens (including phenoxy) is 2. The van der Waals surface area contributed by atoms with Gasteiger partial charge in [0.15, 0.2) is 0 Å². The summed E-state index contributed by atoms with van der Waals surface area (Å²) in [5.41, 5.74) is 4.19. The molecule has 186 valence electrons. The number of anilines is 3. The number of piperazine rings is 1. The molecule has 10 nitrogen and oxygen atoms in total. The molecule has 0 saturated carbocycles. The summed E-state index contributed by atoms with van der Waals surface area (Å²) >= 11 is 0. The van der Waals surface area contributed by atoms with Crippen LogP contribution in [0.15, 0.2) is 48.9 Å². The Kier molecular flexibility index (Phi) is 6.32. The Hall–Kier alpha value is -4.34. The van der Waals surface area contributed by atoms with Crippen molar-refractivity contribution in [2.45, 2.75) is 6.92 Å². The number of hydrogen-bond acceptors (Lipinski definition) is 8. The second kappa shape index (κ2) is 9.73. The first-order valence-electron chi connectivity index (χ1n) is 11.7. The van der Waals surface area contributed by atoms with Crippen molar-refractivity contribution in [1.29, 1.82) is 0 Å². The minimum atomic E-state index is 0.0976. The van der Waals surface area contributed by atoms with Gasteiger partial charge in [0.05, 0.1) is 31.3 Å². The zero-order valence-corrected chi connectivity index (χ0v) is 20.9. The maximum atomic E-state index is 11.7. The lowest BCUT2D eigenvalue weighted by Crippen LogP contribution is -2.48. The van der Waals surface area contributed by atoms with Crippen LogP contribution in [-0.2, 0) is 11.8 Å². The van der Waals surface area contributed by atoms with E-state index < -0.39 is 0 Å². The van der Waals surface area contributed by atoms with E-state index in [-0.39, 0.29) is 5.91 Å². The molecule has 0 atom stereocenters. The third kappa shape index (κ3) is 4.49. The van der Waals surface area contributed by atoms with Gasteiger partial charge in [-0.25, -0.2) is 15.0 Å². The van der Waals surface area contributed by atoms with Crippen molar-refractivity contribution in [3.8, 4) is 22.8 Å². The molecule has 1 aliphatic rings. The number of aryl methyl sites for hydroxylation is 1. The highest BCUT2D eigenvalue weighted by Crippen LogP contribution is 2.40. The number of fused-ring (bicyclic) bond motifs is 1. The largest absolute Gasteiger partial charge is 0.494 e. The average molecular weight is 488 g/mol. The van der Waals surface area contributed by atoms with E-state index in [1.165, 1.54) is 0 Å². The normalized spacial score (nSPS) is 13.7. The van der Waals surface area contributed by atoms with E-state index in [2.05, 4.69) is 26.3 Å². The number of nitrogens with zero attached hydrogens (tertiary/aromatic N) is 6. The molecule has 0 unspecified atom stereocenters. The first-order chi connectivity index (χ1) is 17.5. The van der Waals surface area contributed by atoms with Crippen molar-refractivity contribution in [3.05, 3.63) is 48.9 Å². The zero-order chi connectivity index (χ0) is 25.2. The number of rotatable bonds is 6. The van der Waals surface area contributed by atoms with Crippen molar-refractivity contribution in [3.63, 3.8) is 0 Å². The van der Waals surface area contributed by atoms with Crippen LogP contribution in [0.4, 0.5) is 17.3 Å². The van der Waals surface area contributed by atoms with E-state index in [1.54, 1.807) is 27.3 Å². The van der Waals surface area contributed by atoms with E-state index >= 15 is 0 Å². The third-order valence-electron chi connectivity index (χ3n) is 6.47. The quantitative estimate of drug-likeness (QED) is 0.442. The third-order valence-corrected chi connectivity index (χ3v) is 6.47. The van der Waals surface area contributed by atoms with E-state index in [1.807, 2.05) is 53.2 Å². The van der Waals surface area contributed by atoms with E-state index in [9.17, 15) is 4.79 Å². The van der Waals surface area contributed by atoms with Crippen LogP contribution >= 0.6 is 0 Å². The molecule has 36 heavy (non-hydrogen) atoms. The number of hydrogen-bond donors (Lipinski definition) is 1. The van der Waals surface area contributed by atoms with Crippen molar-refractivity contribution in [1.82, 2.24) is 24.4 Å². The molecule has 0 radical (unpaired) electrons. The Labute approximate surface area is 209 Å². The molecule has 1 amide bonds. The summed E-state index contributed by atoms with van der Waals surface area (Å²) in [6, 6.07) is 9.79. The topological polar surface area (TPSA) is 97.6 Å². The summed E-state index contributed by atoms with van der Waals surface area (Å²) in [5.74, 6) is 1.87. The molecule has 4 heterocycles. The van der Waals surface area contributed by atoms with E-state index in [4.69, 9.17) is 14.5 Å². The Morgan fingerprint density at radius 2 is 1.78 bits per heavy atom. The van der Waals surface area contributed by atoms with Crippen LogP contribution in [0.5, 0.6) is 11.5 Å². The van der Waals surface area contributed by atoms with Crippen LogP contribution in [-0.4, -0.2) is 70.7 Å². The zero-order valence-electron chi connectivity index (χ0n) is 20.9. The molecule has 0 bridgehead atoms. The van der Waals surface area contributed by atoms with Gasteiger partial charge in [0.25, 0.3) is 0 Å². The molecule has 5 rings (SSSR count). The van der Waals surface area contributed by atoms with Crippen molar-refractivity contribution >= 4 is 34.3 Å². The monoisotopic (exact) mass is 487 g/mol. The Morgan fingerprint density at radius 1 is 1.00 bits per heavy atom. The standard InChI is InChI=1S/C26H29N7O3/c1-17(34)32-9-11-33(12-10-32)22-15-23(35-3)21(14-24(22)36-4)30-26-27-7-5-20(29-26)19-13-18-6-8-31(2)25(18)28-16-19/h5-8,13-16H,9-12H2,1-4H3,(H,27,29,30). The van der Waals surface area contributed by atoms with Crippen molar-refractivity contribution in [2.24, 2.45) is 7.05 Å². The number of carbonyl (C=O) groups excluding carboxylic acids is 1. The van der Waals surface area contributed by atoms with Crippen LogP contribution < -0.4 is 19.7 Å². The van der Waals surface area contributed by atoms with Gasteiger partial charge in [-0.2, -0.15) is 0 Å². The van der Waals surface area contributed by atoms with E-state index in [0.29, 0.717) is 36.2 Å². The summed E-state index contributed by atoms with van der Waals surface area (Å²) in [4.78, 5) is 29.4. The predicted molar refractivity (Wildman–Crippen MR) is 139 cm³/mol. The smallest absolute Gasteiger partial charge is 0.227 e. The van der Waals surface area contributed by atoms with Gasteiger partial charge in [0.1, 0.15) is 17.1 Å². The molecule has 1 saturated heterocycles. The van der Waals surface area contributed by atoms with Crippen LogP contribution in [0, 0.1) is 0 Å². The molecule has 1 N–H and O–H groups in total. The number of pyridine rings is 1. The number of benzene rings is 1. The summed E-state index contributed by atoms with van der Waals surface area (Å²) in [5, 5.41) is 4.33. The van der Waals surface area contributed by atoms with Crippen molar-refractivity contribution in [2.75, 3.05) is 50.6 Å². The number of aromatic nitrogens is 4. The number of nitrogens with one attached hydrogen (secondary N) is 1. The van der Waals surface area contributed by atoms with Gasteiger partial charge in [-0.3, -0.25) is 4.79 Å². The minimum Gasteiger partial charge on any atom is -0.494 e. The molecular formula is C26H29N7O3. The maximum Gasteiger partial charge on any atom is 0.227 e. The lowest BCUT2D eigenvalue weighted by Gasteiger charge is -2.36. The van der Waals surface area contributed by atoms with Gasteiger partial charge in [0.2, 0.25) is 11.9 Å². The lowest BCUT2D eigenvalue weighted by molar-refractivity contribution is -0.129. The van der Waals surface area contributed by atoms with Gasteiger partial charge >= 0.3 is 0 Å². The highest BCUT2D eigenvalue weighted by molar-refractivity contribution is 5.81. The first kappa shape index (κ1) is 23.4. The SMILES string of the molecule is COc1cc(N2CCN(C(C)=O)CC2)c(OC)cc1Nc1nccc(-c2cnc3c(ccn3C)c2)n1. The molecule has 0 aliphatic carbocycles. The van der Waals surface area contributed by atoms with Gasteiger partial charge in [-0.1, -0.05) is 0 Å². The highest BCUT2D eigenvalue weighted by atomic mass is 16.5. The highest BCUT2D eigenvalue weighted by Gasteiger charge is 2.23. The molecular weight excluding hydrogens is 458 g/mol. The second-order valence-electron chi connectivity index (χ2n) is 8.67. The van der Waals surface area contributed by atoms with Crippen LogP contribution in [0.1, 0.15) is 6.92 Å². The number of carbonyl (C=O) groups is 1. The molecule has 1 fully saturated rings. The van der Waals surface area contributed by atoms with Gasteiger partial charge < -0.3 is 29.2 Å². The predicted octanol–water partition coefficient (Wildman–Crippen LogP) is 3.46. The fourth-order valence-corrected chi connectivity index (χ4v) is 4.48. The molecule has 3 aromatic heterocycles. The molecule has 1 aliphatic heterocycles. The summed E-state index contributed by atoms with van der Waals surface area (Å²) in [6.07, 6.45) is 5.52. The Bertz CT molecular complexity index is 1410. The Morgan fingerprint density at radius 3 is 2.50 bits per heavy atom. The van der Waals surface area contributed by atoms with Crippen LogP contribution in [0.2, 0.25) is 0 Å². The molecule has 4 aromatic rings. The van der Waals surface area contributed by atoms with Gasteiger partial charge in [-0.05, 0) is 18.2 Å². The van der Waals surface area contributed by atoms with Gasteiger partial charge in [-0.15, -0.1) is 0 Å². The average Bonchev–Trinajstić information content (AvgIpc) is 3.28. The fourth-order valence-electron chi connectivity index (χ4n) is 4.48. The van der Waals surface area contributed by atoms with Crippen LogP contribution in [0.3, 0.4) is 0 Å². The number of amides is 1.